The molecular weight excluding hydrogens is 514 g/mol. The fourth-order valence-corrected chi connectivity index (χ4v) is 6.15. The van der Waals surface area contributed by atoms with E-state index in [1.165, 1.54) is 0 Å². The number of ether oxygens (including phenoxy) is 1. The quantitative estimate of drug-likeness (QED) is 0.191. The average molecular weight is 542 g/mol. The minimum Gasteiger partial charge on any atom is -0.394 e. The second kappa shape index (κ2) is 10.2. The average Bonchev–Trinajstić information content (AvgIpc) is 3.14. The van der Waals surface area contributed by atoms with Crippen molar-refractivity contribution in [2.75, 3.05) is 11.5 Å². The monoisotopic (exact) mass is 542 g/mol. The zero-order chi connectivity index (χ0) is 27.5. The van der Waals surface area contributed by atoms with E-state index in [9.17, 15) is 49.0 Å². The first-order chi connectivity index (χ1) is 18.0. The number of carbonyl (C=O) groups is 2. The van der Waals surface area contributed by atoms with E-state index >= 15 is 0 Å². The highest BCUT2D eigenvalue weighted by Crippen LogP contribution is 2.50. The molecule has 0 bridgehead atoms. The molecule has 6 N–H and O–H groups in total. The zero-order valence-corrected chi connectivity index (χ0v) is 19.9. The molecule has 4 fully saturated rings. The molecule has 4 aliphatic rings. The molecule has 0 aromatic heterocycles. The van der Waals surface area contributed by atoms with Gasteiger partial charge in [-0.1, -0.05) is 5.16 Å². The Morgan fingerprint density at radius 1 is 0.974 bits per heavy atom. The first kappa shape index (κ1) is 27.0. The number of anilines is 1. The van der Waals surface area contributed by atoms with Crippen LogP contribution in [0.2, 0.25) is 0 Å². The summed E-state index contributed by atoms with van der Waals surface area (Å²) in [5.74, 6) is -7.10. The van der Waals surface area contributed by atoms with E-state index < -0.39 is 102 Å². The molecule has 12 nitrogen and oxygen atoms in total. The Hall–Kier alpha value is -2.59. The Labute approximate surface area is 214 Å². The molecule has 2 heterocycles. The first-order valence-corrected chi connectivity index (χ1v) is 12.3. The predicted molar refractivity (Wildman–Crippen MR) is 121 cm³/mol. The zero-order valence-electron chi connectivity index (χ0n) is 19.9. The number of carbonyl (C=O) groups excluding carboxylic acids is 2. The molecule has 1 aromatic carbocycles. The molecule has 0 unspecified atom stereocenters. The van der Waals surface area contributed by atoms with Gasteiger partial charge < -0.3 is 40.2 Å². The van der Waals surface area contributed by atoms with Crippen LogP contribution < -0.4 is 4.90 Å². The van der Waals surface area contributed by atoms with E-state index in [-0.39, 0.29) is 25.0 Å². The van der Waals surface area contributed by atoms with Crippen LogP contribution in [0.4, 0.5) is 14.5 Å². The number of aliphatic hydroxyl groups is 6. The highest BCUT2D eigenvalue weighted by atomic mass is 19.1. The van der Waals surface area contributed by atoms with Gasteiger partial charge in [0, 0.05) is 24.3 Å². The molecule has 11 atom stereocenters. The summed E-state index contributed by atoms with van der Waals surface area (Å²) < 4.78 is 33.2. The molecule has 0 spiro atoms. The second-order valence-electron chi connectivity index (χ2n) is 10.1. The van der Waals surface area contributed by atoms with Crippen LogP contribution in [0.5, 0.6) is 0 Å². The number of aliphatic hydroxyl groups excluding tert-OH is 6. The van der Waals surface area contributed by atoms with Gasteiger partial charge in [0.1, 0.15) is 36.1 Å². The number of fused-ring (bicyclic) bond motifs is 3. The standard InChI is InChI=1S/C24H28F2N2O10/c25-8-1-4-13(11(26)5-8)28-22(35)10-3-2-9-12(6-14(30)18(31)16(9)17(10)23(28)36)27-38-24-21(34)20(33)19(32)15(7-29)37-24/h1,4-5,9-10,14-21,24,29-34H,2-3,6-7H2/b27-12+/t9-,10+,14+,15+,16-,17+,18+,19+,20-,21+,24-/m0/s1. The molecule has 0 radical (unpaired) electrons. The number of amides is 2. The van der Waals surface area contributed by atoms with Crippen molar-refractivity contribution in [2.45, 2.75) is 62.2 Å². The number of imide groups is 1. The summed E-state index contributed by atoms with van der Waals surface area (Å²) in [6.07, 6.45) is -10.4. The molecule has 2 saturated heterocycles. The van der Waals surface area contributed by atoms with Crippen LogP contribution in [0.1, 0.15) is 19.3 Å². The van der Waals surface area contributed by atoms with E-state index in [1.54, 1.807) is 0 Å². The lowest BCUT2D eigenvalue weighted by Crippen LogP contribution is -2.59. The smallest absolute Gasteiger partial charge is 0.256 e. The van der Waals surface area contributed by atoms with Crippen molar-refractivity contribution < 1.29 is 58.6 Å². The fraction of sp³-hybridized carbons (Fsp3) is 0.625. The number of hydrogen-bond acceptors (Lipinski definition) is 11. The normalized spacial score (nSPS) is 42.3. The van der Waals surface area contributed by atoms with Crippen molar-refractivity contribution in [3.8, 4) is 0 Å². The topological polar surface area (TPSA) is 190 Å². The maximum absolute atomic E-state index is 14.5. The minimum absolute atomic E-state index is 0.171. The van der Waals surface area contributed by atoms with Crippen LogP contribution in [0.3, 0.4) is 0 Å². The summed E-state index contributed by atoms with van der Waals surface area (Å²) in [5.41, 5.74) is -0.201. The molecule has 14 heteroatoms. The van der Waals surface area contributed by atoms with Gasteiger partial charge in [0.05, 0.1) is 42.0 Å². The van der Waals surface area contributed by atoms with E-state index in [0.29, 0.717) is 11.0 Å². The Balaban J connectivity index is 1.41. The number of nitrogens with zero attached hydrogens (tertiary/aromatic N) is 2. The summed E-state index contributed by atoms with van der Waals surface area (Å²) in [6.45, 7) is -0.679. The Kier molecular flexibility index (Phi) is 7.24. The van der Waals surface area contributed by atoms with Crippen LogP contribution in [0, 0.1) is 35.3 Å². The molecular formula is C24H28F2N2O10. The van der Waals surface area contributed by atoms with Crippen LogP contribution in [0.15, 0.2) is 23.4 Å². The molecule has 2 saturated carbocycles. The molecule has 5 rings (SSSR count). The number of rotatable bonds is 4. The lowest BCUT2D eigenvalue weighted by molar-refractivity contribution is -0.301. The predicted octanol–water partition coefficient (Wildman–Crippen LogP) is -1.61. The summed E-state index contributed by atoms with van der Waals surface area (Å²) in [4.78, 5) is 32.5. The summed E-state index contributed by atoms with van der Waals surface area (Å²) in [6, 6.07) is 2.47. The SMILES string of the molecule is O=C1[C@H]2[C@H]3[C@H](O)[C@H](O)C/C(=N\O[C@@H]4O[C@H](CO)[C@@H](O)[C@H](O)[C@H]4O)[C@@H]3CC[C@H]2C(=O)N1c1ccc(F)cc1F. The van der Waals surface area contributed by atoms with Crippen molar-refractivity contribution in [3.63, 3.8) is 0 Å². The molecule has 2 aliphatic carbocycles. The first-order valence-electron chi connectivity index (χ1n) is 12.3. The number of hydrogen-bond donors (Lipinski definition) is 6. The summed E-state index contributed by atoms with van der Waals surface area (Å²) in [5, 5.41) is 64.9. The second-order valence-corrected chi connectivity index (χ2v) is 10.1. The van der Waals surface area contributed by atoms with Crippen molar-refractivity contribution in [1.29, 1.82) is 0 Å². The molecule has 2 amide bonds. The Bertz CT molecular complexity index is 1140. The Morgan fingerprint density at radius 3 is 2.37 bits per heavy atom. The van der Waals surface area contributed by atoms with Crippen molar-refractivity contribution in [3.05, 3.63) is 29.8 Å². The van der Waals surface area contributed by atoms with Gasteiger partial charge in [-0.25, -0.2) is 13.7 Å². The van der Waals surface area contributed by atoms with E-state index in [1.807, 2.05) is 0 Å². The van der Waals surface area contributed by atoms with Crippen LogP contribution >= 0.6 is 0 Å². The highest BCUT2D eigenvalue weighted by molar-refractivity contribution is 6.22. The third-order valence-corrected chi connectivity index (χ3v) is 8.05. The van der Waals surface area contributed by atoms with Crippen molar-refractivity contribution >= 4 is 23.2 Å². The number of halogens is 2. The molecule has 1 aromatic rings. The van der Waals surface area contributed by atoms with Crippen molar-refractivity contribution in [2.24, 2.45) is 28.8 Å². The maximum atomic E-state index is 14.5. The van der Waals surface area contributed by atoms with Crippen molar-refractivity contribution in [1.82, 2.24) is 0 Å². The summed E-state index contributed by atoms with van der Waals surface area (Å²) >= 11 is 0. The lowest BCUT2D eigenvalue weighted by Gasteiger charge is -2.45. The highest BCUT2D eigenvalue weighted by Gasteiger charge is 2.60. The van der Waals surface area contributed by atoms with Gasteiger partial charge in [-0.05, 0) is 25.0 Å². The molecule has 38 heavy (non-hydrogen) atoms. The van der Waals surface area contributed by atoms with Gasteiger partial charge >= 0.3 is 0 Å². The van der Waals surface area contributed by atoms with Gasteiger partial charge in [0.25, 0.3) is 6.29 Å². The van der Waals surface area contributed by atoms with Gasteiger partial charge in [-0.15, -0.1) is 0 Å². The summed E-state index contributed by atoms with van der Waals surface area (Å²) in [7, 11) is 0. The van der Waals surface area contributed by atoms with Gasteiger partial charge in [0.15, 0.2) is 0 Å². The fourth-order valence-electron chi connectivity index (χ4n) is 6.15. The molecule has 2 aliphatic heterocycles. The number of oxime groups is 1. The largest absolute Gasteiger partial charge is 0.394 e. The van der Waals surface area contributed by atoms with E-state index in [0.717, 1.165) is 12.1 Å². The van der Waals surface area contributed by atoms with Gasteiger partial charge in [-0.3, -0.25) is 9.59 Å². The Morgan fingerprint density at radius 2 is 1.68 bits per heavy atom. The van der Waals surface area contributed by atoms with Crippen LogP contribution in [0.25, 0.3) is 0 Å². The maximum Gasteiger partial charge on any atom is 0.256 e. The third kappa shape index (κ3) is 4.29. The van der Waals surface area contributed by atoms with E-state index in [4.69, 9.17) is 9.57 Å². The van der Waals surface area contributed by atoms with Gasteiger partial charge in [0.2, 0.25) is 11.8 Å². The van der Waals surface area contributed by atoms with Gasteiger partial charge in [-0.2, -0.15) is 0 Å². The third-order valence-electron chi connectivity index (χ3n) is 8.05. The van der Waals surface area contributed by atoms with E-state index in [2.05, 4.69) is 5.16 Å². The van der Waals surface area contributed by atoms with Crippen LogP contribution in [-0.2, 0) is 19.2 Å². The number of benzene rings is 1. The molecule has 208 valence electrons. The van der Waals surface area contributed by atoms with Crippen LogP contribution in [-0.4, -0.2) is 97.7 Å². The lowest BCUT2D eigenvalue weighted by atomic mass is 9.60. The minimum atomic E-state index is -1.73.